The first-order chi connectivity index (χ1) is 10.1. The zero-order chi connectivity index (χ0) is 14.9. The summed E-state index contributed by atoms with van der Waals surface area (Å²) in [5, 5.41) is 7.25. The summed E-state index contributed by atoms with van der Waals surface area (Å²) in [6, 6.07) is 2.46. The summed E-state index contributed by atoms with van der Waals surface area (Å²) < 4.78 is 0. The average molecular weight is 293 g/mol. The number of rotatable bonds is 0. The maximum Gasteiger partial charge on any atom is 0.00978 e. The zero-order valence-corrected chi connectivity index (χ0v) is 14.5. The van der Waals surface area contributed by atoms with Gasteiger partial charge < -0.3 is 10.6 Å². The van der Waals surface area contributed by atoms with Crippen LogP contribution in [0.3, 0.4) is 0 Å². The molecule has 2 aliphatic heterocycles. The fraction of sp³-hybridized carbons (Fsp3) is 1.00. The van der Waals surface area contributed by atoms with Crippen LogP contribution in [-0.2, 0) is 0 Å². The molecule has 2 aliphatic carbocycles. The molecule has 4 rings (SSSR count). The van der Waals surface area contributed by atoms with Gasteiger partial charge in [-0.1, -0.05) is 19.8 Å². The summed E-state index contributed by atoms with van der Waals surface area (Å²) in [7, 11) is 0. The van der Waals surface area contributed by atoms with Crippen molar-refractivity contribution in [3.63, 3.8) is 0 Å². The molecule has 122 valence electrons. The molecule has 2 heterocycles. The van der Waals surface area contributed by atoms with Gasteiger partial charge in [0.1, 0.15) is 0 Å². The Bertz CT molecular complexity index is 322. The molecule has 1 spiro atoms. The fourth-order valence-corrected chi connectivity index (χ4v) is 5.54. The number of nitrogens with one attached hydrogen (secondary N) is 2. The van der Waals surface area contributed by atoms with Crippen LogP contribution < -0.4 is 10.6 Å². The van der Waals surface area contributed by atoms with Crippen molar-refractivity contribution in [3.8, 4) is 0 Å². The van der Waals surface area contributed by atoms with E-state index in [9.17, 15) is 0 Å². The number of hydrogen-bond acceptors (Lipinski definition) is 2. The second-order valence-electron chi connectivity index (χ2n) is 8.78. The highest BCUT2D eigenvalue weighted by Crippen LogP contribution is 2.46. The fourth-order valence-electron chi connectivity index (χ4n) is 5.54. The van der Waals surface area contributed by atoms with Gasteiger partial charge in [-0.2, -0.15) is 0 Å². The maximum absolute atomic E-state index is 3.68. The summed E-state index contributed by atoms with van der Waals surface area (Å²) in [6.45, 7) is 8.32. The second-order valence-corrected chi connectivity index (χ2v) is 8.78. The third-order valence-corrected chi connectivity index (χ3v) is 6.64. The van der Waals surface area contributed by atoms with Gasteiger partial charge >= 0.3 is 0 Å². The number of hydrogen-bond donors (Lipinski definition) is 2. The first kappa shape index (κ1) is 15.8. The summed E-state index contributed by atoms with van der Waals surface area (Å²) in [5.41, 5.74) is 0.721. The van der Waals surface area contributed by atoms with E-state index in [0.29, 0.717) is 0 Å². The lowest BCUT2D eigenvalue weighted by Crippen LogP contribution is -2.43. The van der Waals surface area contributed by atoms with E-state index in [1.54, 1.807) is 0 Å². The van der Waals surface area contributed by atoms with E-state index in [1.807, 2.05) is 0 Å². The van der Waals surface area contributed by atoms with Crippen molar-refractivity contribution in [3.05, 3.63) is 0 Å². The summed E-state index contributed by atoms with van der Waals surface area (Å²) in [4.78, 5) is 0. The van der Waals surface area contributed by atoms with Crippen molar-refractivity contribution in [2.24, 2.45) is 17.3 Å². The molecule has 4 aliphatic rings. The summed E-state index contributed by atoms with van der Waals surface area (Å²) in [5.74, 6) is 2.03. The van der Waals surface area contributed by atoms with Gasteiger partial charge in [-0.25, -0.2) is 0 Å². The molecular weight excluding hydrogens is 256 g/mol. The topological polar surface area (TPSA) is 24.1 Å². The van der Waals surface area contributed by atoms with Gasteiger partial charge in [0, 0.05) is 24.7 Å². The molecule has 0 radical (unpaired) electrons. The van der Waals surface area contributed by atoms with Gasteiger partial charge in [0.25, 0.3) is 0 Å². The van der Waals surface area contributed by atoms with Crippen molar-refractivity contribution in [1.29, 1.82) is 0 Å². The molecule has 0 aromatic rings. The molecular formula is C19H36N2. The van der Waals surface area contributed by atoms with Crippen LogP contribution in [0.1, 0.15) is 78.6 Å². The summed E-state index contributed by atoms with van der Waals surface area (Å²) in [6.07, 6.45) is 13.1. The first-order valence-electron chi connectivity index (χ1n) is 9.56. The van der Waals surface area contributed by atoms with Crippen LogP contribution in [0.5, 0.6) is 0 Å². The van der Waals surface area contributed by atoms with Crippen LogP contribution in [0, 0.1) is 17.3 Å². The number of piperidine rings is 1. The molecule has 6 atom stereocenters. The largest absolute Gasteiger partial charge is 0.314 e. The van der Waals surface area contributed by atoms with Crippen molar-refractivity contribution >= 4 is 0 Å². The molecule has 2 N–H and O–H groups in total. The van der Waals surface area contributed by atoms with Crippen LogP contribution in [0.2, 0.25) is 0 Å². The van der Waals surface area contributed by atoms with E-state index >= 15 is 0 Å². The molecule has 2 heteroatoms. The lowest BCUT2D eigenvalue weighted by Gasteiger charge is -2.31. The van der Waals surface area contributed by atoms with Gasteiger partial charge in [-0.05, 0) is 76.0 Å². The molecule has 4 fully saturated rings. The van der Waals surface area contributed by atoms with E-state index in [2.05, 4.69) is 31.4 Å². The standard InChI is InChI=1S/C10H19N.C9H17N/c1-8-3-4-10(5-8)6-9(2)11-7-10;1-7-5-6-8-3-2-4-9(8)10-7/h8-9,11H,3-7H2,1-2H3;7-10H,2-6H2,1H3. The molecule has 21 heavy (non-hydrogen) atoms. The lowest BCUT2D eigenvalue weighted by atomic mass is 9.83. The van der Waals surface area contributed by atoms with Gasteiger partial charge in [-0.3, -0.25) is 0 Å². The maximum atomic E-state index is 3.68. The van der Waals surface area contributed by atoms with Crippen LogP contribution in [-0.4, -0.2) is 24.7 Å². The second kappa shape index (κ2) is 6.58. The Morgan fingerprint density at radius 1 is 0.857 bits per heavy atom. The van der Waals surface area contributed by atoms with Crippen LogP contribution in [0.4, 0.5) is 0 Å². The van der Waals surface area contributed by atoms with Gasteiger partial charge in [0.05, 0.1) is 0 Å². The van der Waals surface area contributed by atoms with Crippen molar-refractivity contribution < 1.29 is 0 Å². The van der Waals surface area contributed by atoms with E-state index in [4.69, 9.17) is 0 Å². The normalized spacial score (nSPS) is 49.0. The predicted octanol–water partition coefficient (Wildman–Crippen LogP) is 4.10. The first-order valence-corrected chi connectivity index (χ1v) is 9.56. The lowest BCUT2D eigenvalue weighted by molar-refractivity contribution is 0.269. The van der Waals surface area contributed by atoms with E-state index in [1.165, 1.54) is 64.3 Å². The summed E-state index contributed by atoms with van der Waals surface area (Å²) >= 11 is 0. The molecule has 6 unspecified atom stereocenters. The van der Waals surface area contributed by atoms with E-state index in [0.717, 1.165) is 35.4 Å². The SMILES string of the molecule is CC1CCC2(CNC(C)C2)C1.CC1CCC2CCCC2N1. The molecule has 0 aromatic carbocycles. The predicted molar refractivity (Wildman–Crippen MR) is 90.5 cm³/mol. The van der Waals surface area contributed by atoms with E-state index < -0.39 is 0 Å². The minimum Gasteiger partial charge on any atom is -0.314 e. The minimum absolute atomic E-state index is 0.721. The highest BCUT2D eigenvalue weighted by Gasteiger charge is 2.41. The zero-order valence-electron chi connectivity index (χ0n) is 14.5. The Balaban J connectivity index is 0.000000126. The Hall–Kier alpha value is -0.0800. The molecule has 0 amide bonds. The highest BCUT2D eigenvalue weighted by molar-refractivity contribution is 4.96. The number of fused-ring (bicyclic) bond motifs is 1. The molecule has 0 aromatic heterocycles. The molecule has 2 saturated carbocycles. The van der Waals surface area contributed by atoms with Crippen molar-refractivity contribution in [2.75, 3.05) is 6.54 Å². The Morgan fingerprint density at radius 2 is 1.71 bits per heavy atom. The van der Waals surface area contributed by atoms with Crippen LogP contribution in [0.15, 0.2) is 0 Å². The Kier molecular flexibility index (Phi) is 4.95. The smallest absolute Gasteiger partial charge is 0.00978 e. The van der Waals surface area contributed by atoms with Gasteiger partial charge in [0.2, 0.25) is 0 Å². The quantitative estimate of drug-likeness (QED) is 0.702. The Labute approximate surface area is 131 Å². The molecule has 0 bridgehead atoms. The highest BCUT2D eigenvalue weighted by atomic mass is 15.0. The van der Waals surface area contributed by atoms with Gasteiger partial charge in [-0.15, -0.1) is 0 Å². The minimum atomic E-state index is 0.721. The third kappa shape index (κ3) is 3.82. The molecule has 2 nitrogen and oxygen atoms in total. The average Bonchev–Trinajstić information content (AvgIpc) is 3.12. The van der Waals surface area contributed by atoms with Gasteiger partial charge in [0.15, 0.2) is 0 Å². The molecule has 2 saturated heterocycles. The third-order valence-electron chi connectivity index (χ3n) is 6.64. The monoisotopic (exact) mass is 292 g/mol. The van der Waals surface area contributed by atoms with E-state index in [-0.39, 0.29) is 0 Å². The van der Waals surface area contributed by atoms with Crippen molar-refractivity contribution in [2.45, 2.75) is 96.7 Å². The van der Waals surface area contributed by atoms with Crippen LogP contribution in [0.25, 0.3) is 0 Å². The van der Waals surface area contributed by atoms with Crippen molar-refractivity contribution in [1.82, 2.24) is 10.6 Å². The van der Waals surface area contributed by atoms with Crippen LogP contribution >= 0.6 is 0 Å². The Morgan fingerprint density at radius 3 is 2.38 bits per heavy atom.